The van der Waals surface area contributed by atoms with Crippen molar-refractivity contribution in [2.75, 3.05) is 0 Å². The molecule has 0 bridgehead atoms. The van der Waals surface area contributed by atoms with E-state index in [-0.39, 0.29) is 24.8 Å². The zero-order valence-corrected chi connectivity index (χ0v) is 12.8. The Kier molecular flexibility index (Phi) is 7.06. The summed E-state index contributed by atoms with van der Waals surface area (Å²) in [5.74, 6) is -1.15. The highest BCUT2D eigenvalue weighted by Gasteiger charge is 2.30. The molecule has 1 aromatic rings. The summed E-state index contributed by atoms with van der Waals surface area (Å²) in [6, 6.07) is 4.81. The molecular weight excluding hydrogens is 311 g/mol. The van der Waals surface area contributed by atoms with Crippen LogP contribution >= 0.6 is 0 Å². The van der Waals surface area contributed by atoms with Gasteiger partial charge in [-0.1, -0.05) is 18.2 Å². The maximum absolute atomic E-state index is 12.6. The van der Waals surface area contributed by atoms with Crippen LogP contribution in [0, 0.1) is 0 Å². The number of carboxylic acid groups (broad SMARTS) is 1. The summed E-state index contributed by atoms with van der Waals surface area (Å²) in [5, 5.41) is 11.2. The smallest absolute Gasteiger partial charge is 0.416 e. The van der Waals surface area contributed by atoms with Crippen molar-refractivity contribution < 1.29 is 27.9 Å². The fourth-order valence-corrected chi connectivity index (χ4v) is 2.12. The first-order chi connectivity index (χ1) is 10.7. The molecule has 1 aromatic carbocycles. The molecule has 0 saturated heterocycles. The van der Waals surface area contributed by atoms with Gasteiger partial charge in [-0.05, 0) is 37.8 Å². The molecule has 1 amide bonds. The van der Waals surface area contributed by atoms with Crippen LogP contribution in [0.1, 0.15) is 43.7 Å². The van der Waals surface area contributed by atoms with Gasteiger partial charge in [-0.3, -0.25) is 9.59 Å². The molecule has 1 atom stereocenters. The van der Waals surface area contributed by atoms with E-state index < -0.39 is 17.7 Å². The van der Waals surface area contributed by atoms with Gasteiger partial charge in [0.25, 0.3) is 0 Å². The molecule has 1 unspecified atom stereocenters. The molecule has 0 aliphatic rings. The number of carboxylic acids is 1. The number of alkyl halides is 3. The summed E-state index contributed by atoms with van der Waals surface area (Å²) in [4.78, 5) is 22.1. The topological polar surface area (TPSA) is 66.4 Å². The van der Waals surface area contributed by atoms with Crippen LogP contribution in [0.3, 0.4) is 0 Å². The lowest BCUT2D eigenvalue weighted by Crippen LogP contribution is -2.32. The molecule has 0 saturated carbocycles. The van der Waals surface area contributed by atoms with Gasteiger partial charge >= 0.3 is 12.1 Å². The molecule has 0 heterocycles. The third kappa shape index (κ3) is 7.67. The van der Waals surface area contributed by atoms with Crippen LogP contribution in [-0.2, 0) is 22.2 Å². The van der Waals surface area contributed by atoms with Crippen LogP contribution < -0.4 is 5.32 Å². The molecule has 0 fully saturated rings. The van der Waals surface area contributed by atoms with Gasteiger partial charge in [-0.25, -0.2) is 0 Å². The summed E-state index contributed by atoms with van der Waals surface area (Å²) in [7, 11) is 0. The Bertz CT molecular complexity index is 544. The second-order valence-corrected chi connectivity index (χ2v) is 5.45. The number of amides is 1. The average Bonchev–Trinajstić information content (AvgIpc) is 2.44. The monoisotopic (exact) mass is 331 g/mol. The molecule has 128 valence electrons. The van der Waals surface area contributed by atoms with E-state index in [9.17, 15) is 22.8 Å². The molecule has 23 heavy (non-hydrogen) atoms. The first-order valence-corrected chi connectivity index (χ1v) is 7.36. The van der Waals surface area contributed by atoms with E-state index in [1.54, 1.807) is 13.0 Å². The normalized spacial score (nSPS) is 12.7. The van der Waals surface area contributed by atoms with Gasteiger partial charge in [0.2, 0.25) is 5.91 Å². The Morgan fingerprint density at radius 1 is 1.26 bits per heavy atom. The quantitative estimate of drug-likeness (QED) is 0.767. The molecule has 0 aromatic heterocycles. The van der Waals surface area contributed by atoms with Crippen LogP contribution in [0.15, 0.2) is 24.3 Å². The molecule has 0 spiro atoms. The van der Waals surface area contributed by atoms with E-state index in [0.717, 1.165) is 12.1 Å². The Hall–Kier alpha value is -2.05. The second kappa shape index (κ2) is 8.55. The summed E-state index contributed by atoms with van der Waals surface area (Å²) in [6.07, 6.45) is -3.05. The van der Waals surface area contributed by atoms with Gasteiger partial charge in [0, 0.05) is 18.9 Å². The number of nitrogens with one attached hydrogen (secondary N) is 1. The molecule has 0 aliphatic heterocycles. The summed E-state index contributed by atoms with van der Waals surface area (Å²) in [6.45, 7) is 1.72. The van der Waals surface area contributed by atoms with E-state index in [0.29, 0.717) is 24.8 Å². The van der Waals surface area contributed by atoms with Crippen molar-refractivity contribution in [2.45, 2.75) is 51.2 Å². The minimum Gasteiger partial charge on any atom is -0.481 e. The number of hydrogen-bond donors (Lipinski definition) is 2. The van der Waals surface area contributed by atoms with E-state index in [1.807, 2.05) is 0 Å². The SMILES string of the molecule is CC(CCC(=O)O)NC(=O)CCCc1cccc(C(F)(F)F)c1. The van der Waals surface area contributed by atoms with Crippen LogP contribution in [0.4, 0.5) is 13.2 Å². The minimum absolute atomic E-state index is 0.0221. The molecular formula is C16H20F3NO3. The van der Waals surface area contributed by atoms with Crippen LogP contribution in [0.2, 0.25) is 0 Å². The molecule has 0 aliphatic carbocycles. The first-order valence-electron chi connectivity index (χ1n) is 7.36. The lowest BCUT2D eigenvalue weighted by Gasteiger charge is -2.13. The fourth-order valence-electron chi connectivity index (χ4n) is 2.12. The van der Waals surface area contributed by atoms with Crippen LogP contribution in [0.25, 0.3) is 0 Å². The third-order valence-corrected chi connectivity index (χ3v) is 3.32. The maximum atomic E-state index is 12.6. The van der Waals surface area contributed by atoms with Crippen LogP contribution in [-0.4, -0.2) is 23.0 Å². The largest absolute Gasteiger partial charge is 0.481 e. The predicted octanol–water partition coefficient (Wildman–Crippen LogP) is 3.40. The van der Waals surface area contributed by atoms with Crippen molar-refractivity contribution in [3.63, 3.8) is 0 Å². The van der Waals surface area contributed by atoms with Gasteiger partial charge in [-0.15, -0.1) is 0 Å². The van der Waals surface area contributed by atoms with Crippen molar-refractivity contribution >= 4 is 11.9 Å². The third-order valence-electron chi connectivity index (χ3n) is 3.32. The molecule has 2 N–H and O–H groups in total. The number of aliphatic carboxylic acids is 1. The summed E-state index contributed by atoms with van der Waals surface area (Å²) < 4.78 is 37.8. The molecule has 1 rings (SSSR count). The zero-order valence-electron chi connectivity index (χ0n) is 12.8. The van der Waals surface area contributed by atoms with Crippen molar-refractivity contribution in [2.24, 2.45) is 0 Å². The average molecular weight is 331 g/mol. The number of hydrogen-bond acceptors (Lipinski definition) is 2. The van der Waals surface area contributed by atoms with Gasteiger partial charge < -0.3 is 10.4 Å². The highest BCUT2D eigenvalue weighted by molar-refractivity contribution is 5.76. The highest BCUT2D eigenvalue weighted by Crippen LogP contribution is 2.29. The molecule has 0 radical (unpaired) electrons. The summed E-state index contributed by atoms with van der Waals surface area (Å²) in [5.41, 5.74) is -0.159. The fraction of sp³-hybridized carbons (Fsp3) is 0.500. The highest BCUT2D eigenvalue weighted by atomic mass is 19.4. The standard InChI is InChI=1S/C16H20F3NO3/c1-11(8-9-15(22)23)20-14(21)7-3-5-12-4-2-6-13(10-12)16(17,18)19/h2,4,6,10-11H,3,5,7-9H2,1H3,(H,20,21)(H,22,23). The number of carbonyl (C=O) groups excluding carboxylic acids is 1. The lowest BCUT2D eigenvalue weighted by atomic mass is 10.0. The van der Waals surface area contributed by atoms with Crippen molar-refractivity contribution in [3.05, 3.63) is 35.4 Å². The number of halogens is 3. The van der Waals surface area contributed by atoms with Crippen molar-refractivity contribution in [3.8, 4) is 0 Å². The van der Waals surface area contributed by atoms with Crippen molar-refractivity contribution in [1.82, 2.24) is 5.32 Å². The first kappa shape index (κ1) is 19.0. The summed E-state index contributed by atoms with van der Waals surface area (Å²) >= 11 is 0. The number of benzene rings is 1. The Balaban J connectivity index is 2.36. The minimum atomic E-state index is -4.37. The maximum Gasteiger partial charge on any atom is 0.416 e. The van der Waals surface area contributed by atoms with Gasteiger partial charge in [0.05, 0.1) is 5.56 Å². The predicted molar refractivity (Wildman–Crippen MR) is 78.9 cm³/mol. The second-order valence-electron chi connectivity index (χ2n) is 5.45. The van der Waals surface area contributed by atoms with Crippen LogP contribution in [0.5, 0.6) is 0 Å². The van der Waals surface area contributed by atoms with Gasteiger partial charge in [0.1, 0.15) is 0 Å². The Morgan fingerprint density at radius 2 is 1.96 bits per heavy atom. The number of carbonyl (C=O) groups is 2. The molecule has 7 heteroatoms. The zero-order chi connectivity index (χ0) is 17.5. The van der Waals surface area contributed by atoms with Gasteiger partial charge in [0.15, 0.2) is 0 Å². The Morgan fingerprint density at radius 3 is 2.57 bits per heavy atom. The molecule has 4 nitrogen and oxygen atoms in total. The van der Waals surface area contributed by atoms with Crippen molar-refractivity contribution in [1.29, 1.82) is 0 Å². The van der Waals surface area contributed by atoms with E-state index in [4.69, 9.17) is 5.11 Å². The van der Waals surface area contributed by atoms with E-state index in [1.165, 1.54) is 6.07 Å². The van der Waals surface area contributed by atoms with E-state index >= 15 is 0 Å². The van der Waals surface area contributed by atoms with E-state index in [2.05, 4.69) is 5.32 Å². The van der Waals surface area contributed by atoms with Gasteiger partial charge in [-0.2, -0.15) is 13.2 Å². The Labute approximate surface area is 132 Å². The number of rotatable bonds is 8. The lowest BCUT2D eigenvalue weighted by molar-refractivity contribution is -0.138. The number of aryl methyl sites for hydroxylation is 1.